The lowest BCUT2D eigenvalue weighted by Gasteiger charge is -2.35. The van der Waals surface area contributed by atoms with Gasteiger partial charge in [0.2, 0.25) is 5.91 Å². The standard InChI is InChI=1S/C28H34N2O3/c1-20(2)19-21-10-12-22(13-11-21)26(31)23-14-17-29(18-15-23)28(33)25-9-6-16-30(25)27(32)24-7-4-3-5-8-24/h3-5,7-8,10-13,20,23,25H,6,9,14-19H2,1-2H3. The normalized spacial score (nSPS) is 19.2. The van der Waals surface area contributed by atoms with Crippen LogP contribution in [-0.2, 0) is 11.2 Å². The lowest BCUT2D eigenvalue weighted by atomic mass is 9.88. The van der Waals surface area contributed by atoms with Crippen LogP contribution in [0.1, 0.15) is 65.8 Å². The van der Waals surface area contributed by atoms with Crippen molar-refractivity contribution in [3.05, 3.63) is 71.3 Å². The zero-order valence-corrected chi connectivity index (χ0v) is 19.7. The molecule has 0 spiro atoms. The largest absolute Gasteiger partial charge is 0.341 e. The Bertz CT molecular complexity index is 976. The number of benzene rings is 2. The number of Topliss-reactive ketones (excluding diaryl/α,β-unsaturated/α-hetero) is 1. The number of nitrogens with zero attached hydrogens (tertiary/aromatic N) is 2. The summed E-state index contributed by atoms with van der Waals surface area (Å²) in [6.07, 6.45) is 3.92. The molecule has 2 aliphatic heterocycles. The molecule has 4 rings (SSSR count). The summed E-state index contributed by atoms with van der Waals surface area (Å²) in [5, 5.41) is 0. The van der Waals surface area contributed by atoms with Crippen LogP contribution in [-0.4, -0.2) is 53.1 Å². The van der Waals surface area contributed by atoms with E-state index in [1.165, 1.54) is 5.56 Å². The minimum absolute atomic E-state index is 0.0284. The van der Waals surface area contributed by atoms with E-state index in [0.29, 0.717) is 50.4 Å². The number of rotatable bonds is 6. The van der Waals surface area contributed by atoms with E-state index in [-0.39, 0.29) is 23.5 Å². The van der Waals surface area contributed by atoms with Crippen molar-refractivity contribution >= 4 is 17.6 Å². The van der Waals surface area contributed by atoms with Gasteiger partial charge in [-0.2, -0.15) is 0 Å². The van der Waals surface area contributed by atoms with Crippen LogP contribution in [0.3, 0.4) is 0 Å². The van der Waals surface area contributed by atoms with Gasteiger partial charge >= 0.3 is 0 Å². The number of piperidine rings is 1. The molecule has 0 aromatic heterocycles. The van der Waals surface area contributed by atoms with Gasteiger partial charge in [0, 0.05) is 36.7 Å². The first-order valence-electron chi connectivity index (χ1n) is 12.2. The van der Waals surface area contributed by atoms with Gasteiger partial charge in [0.1, 0.15) is 6.04 Å². The first-order chi connectivity index (χ1) is 15.9. The van der Waals surface area contributed by atoms with Gasteiger partial charge in [0.05, 0.1) is 0 Å². The van der Waals surface area contributed by atoms with E-state index in [0.717, 1.165) is 18.4 Å². The predicted octanol–water partition coefficient (Wildman–Crippen LogP) is 4.61. The highest BCUT2D eigenvalue weighted by atomic mass is 16.2. The Morgan fingerprint density at radius 2 is 1.52 bits per heavy atom. The third-order valence-corrected chi connectivity index (χ3v) is 6.88. The smallest absolute Gasteiger partial charge is 0.254 e. The molecule has 0 radical (unpaired) electrons. The number of hydrogen-bond acceptors (Lipinski definition) is 3. The molecule has 1 unspecified atom stereocenters. The van der Waals surface area contributed by atoms with Gasteiger partial charge in [-0.1, -0.05) is 56.3 Å². The van der Waals surface area contributed by atoms with E-state index in [1.54, 1.807) is 17.0 Å². The minimum Gasteiger partial charge on any atom is -0.341 e. The Morgan fingerprint density at radius 3 is 2.15 bits per heavy atom. The predicted molar refractivity (Wildman–Crippen MR) is 129 cm³/mol. The van der Waals surface area contributed by atoms with Crippen LogP contribution in [0.25, 0.3) is 0 Å². The molecule has 5 nitrogen and oxygen atoms in total. The highest BCUT2D eigenvalue weighted by Gasteiger charge is 2.38. The van der Waals surface area contributed by atoms with Gasteiger partial charge in [-0.25, -0.2) is 0 Å². The summed E-state index contributed by atoms with van der Waals surface area (Å²) in [4.78, 5) is 42.8. The van der Waals surface area contributed by atoms with Gasteiger partial charge in [0.15, 0.2) is 5.78 Å². The number of likely N-dealkylation sites (tertiary alicyclic amines) is 2. The fourth-order valence-electron chi connectivity index (χ4n) is 5.10. The highest BCUT2D eigenvalue weighted by Crippen LogP contribution is 2.27. The minimum atomic E-state index is -0.390. The second-order valence-electron chi connectivity index (χ2n) is 9.78. The zero-order chi connectivity index (χ0) is 23.4. The summed E-state index contributed by atoms with van der Waals surface area (Å²) < 4.78 is 0. The van der Waals surface area contributed by atoms with Crippen molar-refractivity contribution in [3.63, 3.8) is 0 Å². The van der Waals surface area contributed by atoms with E-state index in [4.69, 9.17) is 0 Å². The van der Waals surface area contributed by atoms with Crippen molar-refractivity contribution < 1.29 is 14.4 Å². The Kier molecular flexibility index (Phi) is 7.26. The maximum Gasteiger partial charge on any atom is 0.254 e. The molecular weight excluding hydrogens is 412 g/mol. The van der Waals surface area contributed by atoms with Crippen molar-refractivity contribution in [1.29, 1.82) is 0 Å². The van der Waals surface area contributed by atoms with Crippen molar-refractivity contribution in [2.45, 2.75) is 52.0 Å². The molecule has 0 aliphatic carbocycles. The van der Waals surface area contributed by atoms with Crippen LogP contribution in [0, 0.1) is 11.8 Å². The summed E-state index contributed by atoms with van der Waals surface area (Å²) in [6.45, 7) is 6.15. The second kappa shape index (κ2) is 10.3. The highest BCUT2D eigenvalue weighted by molar-refractivity contribution is 5.99. The van der Waals surface area contributed by atoms with Crippen molar-refractivity contribution in [3.8, 4) is 0 Å². The van der Waals surface area contributed by atoms with E-state index in [2.05, 4.69) is 26.0 Å². The third kappa shape index (κ3) is 5.35. The van der Waals surface area contributed by atoms with Crippen LogP contribution in [0.5, 0.6) is 0 Å². The molecule has 33 heavy (non-hydrogen) atoms. The Labute approximate surface area is 196 Å². The first kappa shape index (κ1) is 23.2. The molecule has 5 heteroatoms. The quantitative estimate of drug-likeness (QED) is 0.609. The molecule has 2 aromatic rings. The fourth-order valence-corrected chi connectivity index (χ4v) is 5.10. The summed E-state index contributed by atoms with van der Waals surface area (Å²) in [5.74, 6) is 0.681. The molecule has 0 N–H and O–H groups in total. The average Bonchev–Trinajstić information content (AvgIpc) is 3.33. The van der Waals surface area contributed by atoms with E-state index >= 15 is 0 Å². The van der Waals surface area contributed by atoms with Crippen molar-refractivity contribution in [2.24, 2.45) is 11.8 Å². The maximum absolute atomic E-state index is 13.3. The van der Waals surface area contributed by atoms with E-state index in [9.17, 15) is 14.4 Å². The molecule has 2 saturated heterocycles. The summed E-state index contributed by atoms with van der Waals surface area (Å²) in [6, 6.07) is 16.8. The molecule has 2 aromatic carbocycles. The van der Waals surface area contributed by atoms with Gasteiger partial charge in [0.25, 0.3) is 5.91 Å². The molecule has 2 amide bonds. The molecule has 0 bridgehead atoms. The summed E-state index contributed by atoms with van der Waals surface area (Å²) in [7, 11) is 0. The average molecular weight is 447 g/mol. The third-order valence-electron chi connectivity index (χ3n) is 6.88. The van der Waals surface area contributed by atoms with Gasteiger partial charge in [-0.3, -0.25) is 14.4 Å². The second-order valence-corrected chi connectivity index (χ2v) is 9.78. The topological polar surface area (TPSA) is 57.7 Å². The molecule has 2 fully saturated rings. The fraction of sp³-hybridized carbons (Fsp3) is 0.464. The Hall–Kier alpha value is -2.95. The van der Waals surface area contributed by atoms with Gasteiger partial charge in [-0.05, 0) is 55.7 Å². The molecular formula is C28H34N2O3. The monoisotopic (exact) mass is 446 g/mol. The lowest BCUT2D eigenvalue weighted by molar-refractivity contribution is -0.136. The van der Waals surface area contributed by atoms with Crippen LogP contribution < -0.4 is 0 Å². The number of hydrogen-bond donors (Lipinski definition) is 0. The van der Waals surface area contributed by atoms with Crippen LogP contribution in [0.15, 0.2) is 54.6 Å². The van der Waals surface area contributed by atoms with Gasteiger partial charge < -0.3 is 9.80 Å². The summed E-state index contributed by atoms with van der Waals surface area (Å²) >= 11 is 0. The Balaban J connectivity index is 1.34. The summed E-state index contributed by atoms with van der Waals surface area (Å²) in [5.41, 5.74) is 2.65. The van der Waals surface area contributed by atoms with E-state index < -0.39 is 6.04 Å². The van der Waals surface area contributed by atoms with Crippen LogP contribution in [0.2, 0.25) is 0 Å². The molecule has 0 saturated carbocycles. The van der Waals surface area contributed by atoms with E-state index in [1.807, 2.05) is 35.2 Å². The molecule has 2 aliphatic rings. The van der Waals surface area contributed by atoms with Crippen LogP contribution in [0.4, 0.5) is 0 Å². The van der Waals surface area contributed by atoms with Crippen molar-refractivity contribution in [2.75, 3.05) is 19.6 Å². The number of ketones is 1. The number of amides is 2. The van der Waals surface area contributed by atoms with Crippen LogP contribution >= 0.6 is 0 Å². The SMILES string of the molecule is CC(C)Cc1ccc(C(=O)C2CCN(C(=O)C3CCCN3C(=O)c3ccccc3)CC2)cc1. The molecule has 1 atom stereocenters. The maximum atomic E-state index is 13.3. The molecule has 174 valence electrons. The lowest BCUT2D eigenvalue weighted by Crippen LogP contribution is -2.50. The zero-order valence-electron chi connectivity index (χ0n) is 19.7. The van der Waals surface area contributed by atoms with Gasteiger partial charge in [-0.15, -0.1) is 0 Å². The van der Waals surface area contributed by atoms with Crippen molar-refractivity contribution in [1.82, 2.24) is 9.80 Å². The first-order valence-corrected chi connectivity index (χ1v) is 12.2. The Morgan fingerprint density at radius 1 is 0.848 bits per heavy atom. The number of carbonyl (C=O) groups excluding carboxylic acids is 3. The number of carbonyl (C=O) groups is 3. The molecule has 2 heterocycles.